The van der Waals surface area contributed by atoms with Crippen LogP contribution in [0.2, 0.25) is 5.02 Å². The fourth-order valence-corrected chi connectivity index (χ4v) is 3.95. The van der Waals surface area contributed by atoms with Gasteiger partial charge in [0.15, 0.2) is 5.78 Å². The molecule has 2 nitrogen and oxygen atoms in total. The maximum atomic E-state index is 12.7. The number of rotatable bonds is 2. The van der Waals surface area contributed by atoms with Gasteiger partial charge in [-0.2, -0.15) is 0 Å². The quantitative estimate of drug-likeness (QED) is 0.836. The molecule has 0 aromatic heterocycles. The highest BCUT2D eigenvalue weighted by Crippen LogP contribution is 2.38. The lowest BCUT2D eigenvalue weighted by atomic mass is 9.70. The minimum Gasteiger partial charge on any atom is -0.307 e. The Hall–Kier alpha value is -0.860. The number of Topliss-reactive ketones (excluding diaryl/α,β-unsaturated/α-hetero) is 1. The molecule has 1 aromatic carbocycles. The van der Waals surface area contributed by atoms with E-state index in [4.69, 9.17) is 11.6 Å². The van der Waals surface area contributed by atoms with Crippen LogP contribution in [0, 0.1) is 11.8 Å². The van der Waals surface area contributed by atoms with Gasteiger partial charge in [0, 0.05) is 5.56 Å². The first-order valence-electron chi connectivity index (χ1n) is 7.29. The first-order valence-corrected chi connectivity index (χ1v) is 7.67. The van der Waals surface area contributed by atoms with Gasteiger partial charge in [-0.3, -0.25) is 4.79 Å². The molecule has 0 spiro atoms. The summed E-state index contributed by atoms with van der Waals surface area (Å²) in [4.78, 5) is 12.7. The molecule has 1 heterocycles. The number of carbonyl (C=O) groups excluding carboxylic acids is 1. The molecular weight excluding hydrogens is 258 g/mol. The van der Waals surface area contributed by atoms with Crippen LogP contribution >= 0.6 is 11.6 Å². The maximum Gasteiger partial charge on any atom is 0.181 e. The molecule has 3 rings (SSSR count). The molecule has 0 amide bonds. The van der Waals surface area contributed by atoms with Gasteiger partial charge >= 0.3 is 0 Å². The third kappa shape index (κ3) is 2.56. The minimum absolute atomic E-state index is 0.0288. The van der Waals surface area contributed by atoms with E-state index in [0.29, 0.717) is 16.5 Å². The van der Waals surface area contributed by atoms with Crippen molar-refractivity contribution >= 4 is 17.4 Å². The zero-order valence-electron chi connectivity index (χ0n) is 11.1. The van der Waals surface area contributed by atoms with Gasteiger partial charge in [0.1, 0.15) is 0 Å². The molecule has 0 bridgehead atoms. The third-order valence-electron chi connectivity index (χ3n) is 4.70. The van der Waals surface area contributed by atoms with Crippen molar-refractivity contribution in [3.8, 4) is 0 Å². The summed E-state index contributed by atoms with van der Waals surface area (Å²) < 4.78 is 0. The molecule has 1 N–H and O–H groups in total. The molecule has 102 valence electrons. The molecule has 0 radical (unpaired) electrons. The van der Waals surface area contributed by atoms with Gasteiger partial charge in [0.2, 0.25) is 0 Å². The summed E-state index contributed by atoms with van der Waals surface area (Å²) >= 11 is 6.16. The summed E-state index contributed by atoms with van der Waals surface area (Å²) in [5.74, 6) is 1.42. The number of halogens is 1. The summed E-state index contributed by atoms with van der Waals surface area (Å²) in [6.45, 7) is 0.960. The molecule has 1 aromatic rings. The van der Waals surface area contributed by atoms with Crippen LogP contribution in [0.4, 0.5) is 0 Å². The van der Waals surface area contributed by atoms with E-state index in [0.717, 1.165) is 12.5 Å². The number of fused-ring (bicyclic) bond motifs is 1. The van der Waals surface area contributed by atoms with Crippen LogP contribution in [0.15, 0.2) is 24.3 Å². The van der Waals surface area contributed by atoms with Crippen molar-refractivity contribution in [3.05, 3.63) is 34.9 Å². The Kier molecular flexibility index (Phi) is 3.90. The van der Waals surface area contributed by atoms with Crippen LogP contribution < -0.4 is 5.32 Å². The lowest BCUT2D eigenvalue weighted by Gasteiger charge is -2.41. The highest BCUT2D eigenvalue weighted by atomic mass is 35.5. The van der Waals surface area contributed by atoms with E-state index in [1.165, 1.54) is 32.1 Å². The van der Waals surface area contributed by atoms with Crippen LogP contribution in [-0.2, 0) is 0 Å². The molecule has 3 unspecified atom stereocenters. The number of ketones is 1. The van der Waals surface area contributed by atoms with Crippen LogP contribution in [0.5, 0.6) is 0 Å². The Bertz CT molecular complexity index is 472. The Morgan fingerprint density at radius 2 is 1.95 bits per heavy atom. The molecule has 1 saturated heterocycles. The lowest BCUT2D eigenvalue weighted by Crippen LogP contribution is -2.51. The van der Waals surface area contributed by atoms with Crippen molar-refractivity contribution in [1.29, 1.82) is 0 Å². The monoisotopic (exact) mass is 277 g/mol. The number of benzene rings is 1. The van der Waals surface area contributed by atoms with E-state index in [9.17, 15) is 4.79 Å². The van der Waals surface area contributed by atoms with Crippen LogP contribution in [0.3, 0.4) is 0 Å². The fraction of sp³-hybridized carbons (Fsp3) is 0.562. The zero-order chi connectivity index (χ0) is 13.2. The van der Waals surface area contributed by atoms with Gasteiger partial charge in [-0.05, 0) is 43.4 Å². The predicted molar refractivity (Wildman–Crippen MR) is 77.6 cm³/mol. The second-order valence-electron chi connectivity index (χ2n) is 5.77. The van der Waals surface area contributed by atoms with E-state index in [-0.39, 0.29) is 11.8 Å². The molecule has 2 aliphatic rings. The topological polar surface area (TPSA) is 29.1 Å². The van der Waals surface area contributed by atoms with Crippen molar-refractivity contribution in [2.75, 3.05) is 6.54 Å². The van der Waals surface area contributed by atoms with Gasteiger partial charge in [-0.1, -0.05) is 43.0 Å². The summed E-state index contributed by atoms with van der Waals surface area (Å²) in [5, 5.41) is 4.01. The van der Waals surface area contributed by atoms with Gasteiger partial charge in [-0.25, -0.2) is 0 Å². The third-order valence-corrected chi connectivity index (χ3v) is 5.03. The second-order valence-corrected chi connectivity index (χ2v) is 6.18. The van der Waals surface area contributed by atoms with Gasteiger partial charge in [0.05, 0.1) is 11.1 Å². The average molecular weight is 278 g/mol. The predicted octanol–water partition coefficient (Wildman–Crippen LogP) is 3.69. The molecule has 3 atom stereocenters. The highest BCUT2D eigenvalue weighted by Gasteiger charge is 2.38. The molecular formula is C16H20ClNO. The largest absolute Gasteiger partial charge is 0.307 e. The summed E-state index contributed by atoms with van der Waals surface area (Å²) in [7, 11) is 0. The smallest absolute Gasteiger partial charge is 0.181 e. The van der Waals surface area contributed by atoms with E-state index >= 15 is 0 Å². The van der Waals surface area contributed by atoms with Gasteiger partial charge in [0.25, 0.3) is 0 Å². The Morgan fingerprint density at radius 1 is 1.16 bits per heavy atom. The van der Waals surface area contributed by atoms with E-state index in [1.807, 2.05) is 18.2 Å². The summed E-state index contributed by atoms with van der Waals surface area (Å²) in [5.41, 5.74) is 0.674. The van der Waals surface area contributed by atoms with Gasteiger partial charge in [-0.15, -0.1) is 0 Å². The van der Waals surface area contributed by atoms with Crippen molar-refractivity contribution in [1.82, 2.24) is 5.32 Å². The normalized spacial score (nSPS) is 30.7. The summed E-state index contributed by atoms with van der Waals surface area (Å²) in [6.07, 6.45) is 6.28. The number of hydrogen-bond acceptors (Lipinski definition) is 2. The molecule has 1 aliphatic heterocycles. The number of carbonyl (C=O) groups is 1. The first-order chi connectivity index (χ1) is 9.27. The first kappa shape index (κ1) is 13.1. The number of hydrogen-bond donors (Lipinski definition) is 1. The Labute approximate surface area is 119 Å². The number of piperidine rings is 1. The zero-order valence-corrected chi connectivity index (χ0v) is 11.8. The Morgan fingerprint density at radius 3 is 2.79 bits per heavy atom. The van der Waals surface area contributed by atoms with Crippen molar-refractivity contribution in [2.24, 2.45) is 11.8 Å². The maximum absolute atomic E-state index is 12.7. The van der Waals surface area contributed by atoms with Crippen molar-refractivity contribution in [3.63, 3.8) is 0 Å². The van der Waals surface area contributed by atoms with Crippen LogP contribution in [-0.4, -0.2) is 18.4 Å². The Balaban J connectivity index is 1.84. The SMILES string of the molecule is O=C(c1ccccc1Cl)C1NCCC2CCCCC21. The van der Waals surface area contributed by atoms with Crippen LogP contribution in [0.25, 0.3) is 0 Å². The minimum atomic E-state index is -0.0288. The van der Waals surface area contributed by atoms with Crippen molar-refractivity contribution < 1.29 is 4.79 Å². The number of nitrogens with one attached hydrogen (secondary N) is 1. The molecule has 2 fully saturated rings. The fourth-order valence-electron chi connectivity index (χ4n) is 3.72. The molecule has 19 heavy (non-hydrogen) atoms. The molecule has 1 saturated carbocycles. The van der Waals surface area contributed by atoms with Crippen molar-refractivity contribution in [2.45, 2.75) is 38.1 Å². The second kappa shape index (κ2) is 5.64. The average Bonchev–Trinajstić information content (AvgIpc) is 2.46. The summed E-state index contributed by atoms with van der Waals surface area (Å²) in [6, 6.07) is 7.38. The van der Waals surface area contributed by atoms with E-state index in [2.05, 4.69) is 5.32 Å². The highest BCUT2D eigenvalue weighted by molar-refractivity contribution is 6.34. The molecule has 1 aliphatic carbocycles. The van der Waals surface area contributed by atoms with Crippen LogP contribution in [0.1, 0.15) is 42.5 Å². The standard InChI is InChI=1S/C16H20ClNO/c17-14-8-4-3-7-13(14)16(19)15-12-6-2-1-5-11(12)9-10-18-15/h3-4,7-8,11-12,15,18H,1-2,5-6,9-10H2. The van der Waals surface area contributed by atoms with E-state index < -0.39 is 0 Å². The molecule has 3 heteroatoms. The van der Waals surface area contributed by atoms with E-state index in [1.54, 1.807) is 6.07 Å². The lowest BCUT2D eigenvalue weighted by molar-refractivity contribution is 0.0760. The van der Waals surface area contributed by atoms with Gasteiger partial charge < -0.3 is 5.32 Å².